The largest absolute Gasteiger partial charge is 0.380 e. The Morgan fingerprint density at radius 1 is 1.30 bits per heavy atom. The van der Waals surface area contributed by atoms with Gasteiger partial charge in [0.2, 0.25) is 0 Å². The van der Waals surface area contributed by atoms with Crippen LogP contribution in [0.5, 0.6) is 0 Å². The lowest BCUT2D eigenvalue weighted by atomic mass is 10.1. The van der Waals surface area contributed by atoms with Crippen LogP contribution in [0.4, 0.5) is 0 Å². The third-order valence-electron chi connectivity index (χ3n) is 3.20. The lowest BCUT2D eigenvalue weighted by Gasteiger charge is -2.10. The van der Waals surface area contributed by atoms with Gasteiger partial charge in [0.05, 0.1) is 18.0 Å². The average molecular weight is 273 g/mol. The van der Waals surface area contributed by atoms with E-state index < -0.39 is 0 Å². The van der Waals surface area contributed by atoms with Crippen LogP contribution in [0.1, 0.15) is 42.0 Å². The first-order valence-electron chi connectivity index (χ1n) is 6.77. The van der Waals surface area contributed by atoms with E-state index in [0.29, 0.717) is 25.1 Å². The fourth-order valence-electron chi connectivity index (χ4n) is 2.19. The molecule has 1 aromatic heterocycles. The van der Waals surface area contributed by atoms with E-state index in [1.54, 1.807) is 11.8 Å². The molecule has 1 aromatic carbocycles. The number of carbonyl (C=O) groups excluding carboxylic acids is 1. The fraction of sp³-hybridized carbons (Fsp3) is 0.400. The maximum Gasteiger partial charge on any atom is 0.184 e. The van der Waals surface area contributed by atoms with Gasteiger partial charge in [-0.05, 0) is 12.5 Å². The molecule has 2 aromatic rings. The molecule has 2 rings (SSSR count). The Balaban J connectivity index is 2.53. The highest BCUT2D eigenvalue weighted by Gasteiger charge is 2.18. The summed E-state index contributed by atoms with van der Waals surface area (Å²) in [6.07, 6.45) is 1.14. The van der Waals surface area contributed by atoms with Gasteiger partial charge < -0.3 is 4.74 Å². The van der Waals surface area contributed by atoms with Crippen molar-refractivity contribution in [2.45, 2.75) is 33.3 Å². The van der Waals surface area contributed by atoms with Crippen LogP contribution in [0.15, 0.2) is 24.3 Å². The standard InChI is InChI=1S/C15H19N3O2/c1-4-12-15(14(19)5-2)16-17-18(12)13-9-7-6-8-11(13)10-20-3/h6-9H,4-5,10H2,1-3H3. The number of aromatic nitrogens is 3. The second-order valence-corrected chi connectivity index (χ2v) is 4.49. The number of ether oxygens (including phenoxy) is 1. The van der Waals surface area contributed by atoms with Gasteiger partial charge in [0.1, 0.15) is 0 Å². The van der Waals surface area contributed by atoms with E-state index in [4.69, 9.17) is 4.74 Å². The number of rotatable bonds is 6. The zero-order valence-electron chi connectivity index (χ0n) is 12.1. The van der Waals surface area contributed by atoms with E-state index in [1.165, 1.54) is 0 Å². The molecule has 5 nitrogen and oxygen atoms in total. The Labute approximate surface area is 118 Å². The highest BCUT2D eigenvalue weighted by atomic mass is 16.5. The first kappa shape index (κ1) is 14.4. The van der Waals surface area contributed by atoms with Crippen molar-refractivity contribution in [3.8, 4) is 5.69 Å². The van der Waals surface area contributed by atoms with Gasteiger partial charge in [-0.2, -0.15) is 0 Å². The molecule has 0 saturated carbocycles. The van der Waals surface area contributed by atoms with Crippen molar-refractivity contribution in [2.24, 2.45) is 0 Å². The maximum atomic E-state index is 11.9. The summed E-state index contributed by atoms with van der Waals surface area (Å²) in [6.45, 7) is 4.33. The summed E-state index contributed by atoms with van der Waals surface area (Å²) in [5.41, 5.74) is 3.25. The molecule has 0 aliphatic rings. The minimum Gasteiger partial charge on any atom is -0.380 e. The summed E-state index contributed by atoms with van der Waals surface area (Å²) in [5, 5.41) is 8.22. The smallest absolute Gasteiger partial charge is 0.184 e. The number of hydrogen-bond donors (Lipinski definition) is 0. The predicted molar refractivity (Wildman–Crippen MR) is 76.1 cm³/mol. The summed E-state index contributed by atoms with van der Waals surface area (Å²) < 4.78 is 6.96. The van der Waals surface area contributed by atoms with Crippen molar-refractivity contribution >= 4 is 5.78 Å². The topological polar surface area (TPSA) is 57.0 Å². The second-order valence-electron chi connectivity index (χ2n) is 4.49. The summed E-state index contributed by atoms with van der Waals surface area (Å²) in [7, 11) is 1.66. The van der Waals surface area contributed by atoms with Gasteiger partial charge in [-0.25, -0.2) is 4.68 Å². The van der Waals surface area contributed by atoms with Crippen molar-refractivity contribution < 1.29 is 9.53 Å². The van der Waals surface area contributed by atoms with Crippen molar-refractivity contribution in [1.29, 1.82) is 0 Å². The van der Waals surface area contributed by atoms with Crippen molar-refractivity contribution in [3.63, 3.8) is 0 Å². The minimum absolute atomic E-state index is 0.0253. The van der Waals surface area contributed by atoms with Gasteiger partial charge in [0.15, 0.2) is 11.5 Å². The van der Waals surface area contributed by atoms with Gasteiger partial charge in [0, 0.05) is 19.1 Å². The number of carbonyl (C=O) groups is 1. The number of benzene rings is 1. The fourth-order valence-corrected chi connectivity index (χ4v) is 2.19. The molecule has 106 valence electrons. The Morgan fingerprint density at radius 2 is 2.05 bits per heavy atom. The van der Waals surface area contributed by atoms with E-state index in [2.05, 4.69) is 10.3 Å². The summed E-state index contributed by atoms with van der Waals surface area (Å²) in [5.74, 6) is 0.0253. The number of nitrogens with zero attached hydrogens (tertiary/aromatic N) is 3. The summed E-state index contributed by atoms with van der Waals surface area (Å²) in [6, 6.07) is 7.85. The van der Waals surface area contributed by atoms with Gasteiger partial charge in [0.25, 0.3) is 0 Å². The van der Waals surface area contributed by atoms with Crippen LogP contribution in [-0.4, -0.2) is 27.9 Å². The van der Waals surface area contributed by atoms with Crippen LogP contribution in [-0.2, 0) is 17.8 Å². The van der Waals surface area contributed by atoms with E-state index >= 15 is 0 Å². The third kappa shape index (κ3) is 2.63. The molecule has 0 spiro atoms. The third-order valence-corrected chi connectivity index (χ3v) is 3.20. The number of Topliss-reactive ketones (excluding diaryl/α,β-unsaturated/α-hetero) is 1. The van der Waals surface area contributed by atoms with Crippen LogP contribution in [0.2, 0.25) is 0 Å². The quantitative estimate of drug-likeness (QED) is 0.759. The lowest BCUT2D eigenvalue weighted by molar-refractivity contribution is 0.0982. The zero-order valence-corrected chi connectivity index (χ0v) is 12.1. The molecule has 0 unspecified atom stereocenters. The molecule has 0 aliphatic heterocycles. The lowest BCUT2D eigenvalue weighted by Crippen LogP contribution is -2.08. The maximum absolute atomic E-state index is 11.9. The minimum atomic E-state index is 0.0253. The highest BCUT2D eigenvalue weighted by molar-refractivity contribution is 5.95. The molecule has 20 heavy (non-hydrogen) atoms. The molecule has 0 aliphatic carbocycles. The number of para-hydroxylation sites is 1. The molecule has 5 heteroatoms. The first-order valence-corrected chi connectivity index (χ1v) is 6.77. The second kappa shape index (κ2) is 6.43. The molecule has 0 amide bonds. The Bertz CT molecular complexity index is 605. The van der Waals surface area contributed by atoms with E-state index in [9.17, 15) is 4.79 Å². The number of hydrogen-bond acceptors (Lipinski definition) is 4. The molecular formula is C15H19N3O2. The molecule has 0 N–H and O–H groups in total. The Kier molecular flexibility index (Phi) is 4.63. The monoisotopic (exact) mass is 273 g/mol. The van der Waals surface area contributed by atoms with Gasteiger partial charge in [-0.3, -0.25) is 4.79 Å². The molecule has 0 radical (unpaired) electrons. The van der Waals surface area contributed by atoms with Gasteiger partial charge in [-0.1, -0.05) is 37.3 Å². The van der Waals surface area contributed by atoms with E-state index in [-0.39, 0.29) is 5.78 Å². The SMILES string of the molecule is CCC(=O)c1nnn(-c2ccccc2COC)c1CC. The van der Waals surface area contributed by atoms with Crippen LogP contribution >= 0.6 is 0 Å². The van der Waals surface area contributed by atoms with Crippen molar-refractivity contribution in [3.05, 3.63) is 41.2 Å². The van der Waals surface area contributed by atoms with Gasteiger partial charge in [-0.15, -0.1) is 5.10 Å². The summed E-state index contributed by atoms with van der Waals surface area (Å²) in [4.78, 5) is 11.9. The van der Waals surface area contributed by atoms with Crippen LogP contribution < -0.4 is 0 Å². The van der Waals surface area contributed by atoms with Crippen LogP contribution in [0.3, 0.4) is 0 Å². The molecular weight excluding hydrogens is 254 g/mol. The molecule has 0 saturated heterocycles. The first-order chi connectivity index (χ1) is 9.72. The average Bonchev–Trinajstić information content (AvgIpc) is 2.91. The molecule has 1 heterocycles. The van der Waals surface area contributed by atoms with Gasteiger partial charge >= 0.3 is 0 Å². The summed E-state index contributed by atoms with van der Waals surface area (Å²) >= 11 is 0. The number of methoxy groups -OCH3 is 1. The molecule has 0 bridgehead atoms. The number of ketones is 1. The predicted octanol–water partition coefficient (Wildman–Crippen LogP) is 2.57. The van der Waals surface area contributed by atoms with E-state index in [0.717, 1.165) is 16.9 Å². The molecule has 0 atom stereocenters. The normalized spacial score (nSPS) is 10.8. The van der Waals surface area contributed by atoms with Crippen molar-refractivity contribution in [1.82, 2.24) is 15.0 Å². The highest BCUT2D eigenvalue weighted by Crippen LogP contribution is 2.19. The Morgan fingerprint density at radius 3 is 2.70 bits per heavy atom. The molecule has 0 fully saturated rings. The van der Waals surface area contributed by atoms with Crippen LogP contribution in [0.25, 0.3) is 5.69 Å². The zero-order chi connectivity index (χ0) is 14.5. The van der Waals surface area contributed by atoms with Crippen LogP contribution in [0, 0.1) is 0 Å². The van der Waals surface area contributed by atoms with Crippen molar-refractivity contribution in [2.75, 3.05) is 7.11 Å². The van der Waals surface area contributed by atoms with E-state index in [1.807, 2.05) is 38.1 Å². The Hall–Kier alpha value is -2.01.